The molecule has 16 heavy (non-hydrogen) atoms. The molecule has 0 amide bonds. The third-order valence-corrected chi connectivity index (χ3v) is 5.10. The summed E-state index contributed by atoms with van der Waals surface area (Å²) in [5.74, 6) is 1.99. The fourth-order valence-corrected chi connectivity index (χ4v) is 4.28. The predicted molar refractivity (Wildman–Crippen MR) is 70.6 cm³/mol. The molecule has 2 heterocycles. The zero-order chi connectivity index (χ0) is 11.5. The number of fused-ring (bicyclic) bond motifs is 1. The molecule has 0 aromatic carbocycles. The summed E-state index contributed by atoms with van der Waals surface area (Å²) in [5.41, 5.74) is 0. The van der Waals surface area contributed by atoms with Crippen LogP contribution in [0.25, 0.3) is 0 Å². The Morgan fingerprint density at radius 3 is 2.44 bits per heavy atom. The van der Waals surface area contributed by atoms with Crippen molar-refractivity contribution in [1.29, 1.82) is 0 Å². The minimum absolute atomic E-state index is 0.922. The van der Waals surface area contributed by atoms with Crippen LogP contribution in [0, 0.1) is 11.8 Å². The van der Waals surface area contributed by atoms with Crippen LogP contribution in [0.1, 0.15) is 65.7 Å². The SMILES string of the molecule is CCC[C@H]1[C@H](CC)C[C@H](CC)[C@H]2CCCN21. The van der Waals surface area contributed by atoms with Crippen molar-refractivity contribution < 1.29 is 0 Å². The Morgan fingerprint density at radius 2 is 1.81 bits per heavy atom. The van der Waals surface area contributed by atoms with Crippen molar-refractivity contribution in [2.24, 2.45) is 11.8 Å². The van der Waals surface area contributed by atoms with Crippen molar-refractivity contribution in [3.05, 3.63) is 0 Å². The summed E-state index contributed by atoms with van der Waals surface area (Å²) in [6.45, 7) is 8.54. The van der Waals surface area contributed by atoms with Crippen LogP contribution >= 0.6 is 0 Å². The maximum absolute atomic E-state index is 2.90. The van der Waals surface area contributed by atoms with Crippen molar-refractivity contribution in [2.45, 2.75) is 77.8 Å². The van der Waals surface area contributed by atoms with E-state index in [1.54, 1.807) is 0 Å². The smallest absolute Gasteiger partial charge is 0.0127 e. The van der Waals surface area contributed by atoms with Crippen LogP contribution in [0.4, 0.5) is 0 Å². The molecular weight excluding hydrogens is 194 g/mol. The van der Waals surface area contributed by atoms with Crippen molar-refractivity contribution in [3.63, 3.8) is 0 Å². The fraction of sp³-hybridized carbons (Fsp3) is 1.00. The van der Waals surface area contributed by atoms with E-state index < -0.39 is 0 Å². The van der Waals surface area contributed by atoms with Gasteiger partial charge in [0.15, 0.2) is 0 Å². The number of hydrogen-bond donors (Lipinski definition) is 0. The summed E-state index contributed by atoms with van der Waals surface area (Å²) < 4.78 is 0. The van der Waals surface area contributed by atoms with Gasteiger partial charge in [0.2, 0.25) is 0 Å². The van der Waals surface area contributed by atoms with Crippen LogP contribution in [-0.2, 0) is 0 Å². The minimum Gasteiger partial charge on any atom is -0.297 e. The molecule has 1 heteroatoms. The average molecular weight is 223 g/mol. The number of hydrogen-bond acceptors (Lipinski definition) is 1. The highest BCUT2D eigenvalue weighted by molar-refractivity contribution is 4.96. The quantitative estimate of drug-likeness (QED) is 0.694. The fourth-order valence-electron chi connectivity index (χ4n) is 4.28. The van der Waals surface area contributed by atoms with Crippen molar-refractivity contribution in [2.75, 3.05) is 6.54 Å². The summed E-state index contributed by atoms with van der Waals surface area (Å²) in [7, 11) is 0. The Kier molecular flexibility index (Phi) is 4.29. The molecule has 1 nitrogen and oxygen atoms in total. The van der Waals surface area contributed by atoms with Gasteiger partial charge in [-0.3, -0.25) is 4.90 Å². The van der Waals surface area contributed by atoms with Crippen LogP contribution in [0.15, 0.2) is 0 Å². The van der Waals surface area contributed by atoms with E-state index in [1.807, 2.05) is 0 Å². The van der Waals surface area contributed by atoms with E-state index in [0.29, 0.717) is 0 Å². The van der Waals surface area contributed by atoms with Crippen LogP contribution in [0.5, 0.6) is 0 Å². The van der Waals surface area contributed by atoms with Gasteiger partial charge in [0.1, 0.15) is 0 Å². The summed E-state index contributed by atoms with van der Waals surface area (Å²) in [6.07, 6.45) is 10.0. The van der Waals surface area contributed by atoms with Gasteiger partial charge >= 0.3 is 0 Å². The Balaban J connectivity index is 2.11. The van der Waals surface area contributed by atoms with Gasteiger partial charge in [0.25, 0.3) is 0 Å². The molecule has 94 valence electrons. The molecule has 4 atom stereocenters. The Labute approximate surface area is 102 Å². The average Bonchev–Trinajstić information content (AvgIpc) is 2.78. The number of rotatable bonds is 4. The van der Waals surface area contributed by atoms with E-state index in [1.165, 1.54) is 51.5 Å². The topological polar surface area (TPSA) is 3.24 Å². The third kappa shape index (κ3) is 2.16. The lowest BCUT2D eigenvalue weighted by atomic mass is 9.75. The van der Waals surface area contributed by atoms with Gasteiger partial charge in [-0.25, -0.2) is 0 Å². The molecule has 0 radical (unpaired) electrons. The lowest BCUT2D eigenvalue weighted by Gasteiger charge is -2.47. The van der Waals surface area contributed by atoms with Gasteiger partial charge in [-0.1, -0.05) is 40.0 Å². The highest BCUT2D eigenvalue weighted by atomic mass is 15.2. The monoisotopic (exact) mass is 223 g/mol. The molecule has 0 aliphatic carbocycles. The van der Waals surface area contributed by atoms with Crippen LogP contribution in [0.2, 0.25) is 0 Å². The maximum Gasteiger partial charge on any atom is 0.0127 e. The van der Waals surface area contributed by atoms with E-state index in [9.17, 15) is 0 Å². The highest BCUT2D eigenvalue weighted by Gasteiger charge is 2.42. The van der Waals surface area contributed by atoms with E-state index in [0.717, 1.165) is 23.9 Å². The molecule has 0 bridgehead atoms. The lowest BCUT2D eigenvalue weighted by Crippen LogP contribution is -2.51. The van der Waals surface area contributed by atoms with E-state index in [2.05, 4.69) is 25.7 Å². The largest absolute Gasteiger partial charge is 0.297 e. The van der Waals surface area contributed by atoms with Crippen LogP contribution < -0.4 is 0 Å². The number of nitrogens with zero attached hydrogens (tertiary/aromatic N) is 1. The van der Waals surface area contributed by atoms with Crippen molar-refractivity contribution >= 4 is 0 Å². The maximum atomic E-state index is 2.90. The Morgan fingerprint density at radius 1 is 1.06 bits per heavy atom. The molecule has 2 aliphatic heterocycles. The molecule has 2 saturated heterocycles. The first-order valence-electron chi connectivity index (χ1n) is 7.57. The first-order chi connectivity index (χ1) is 7.81. The molecule has 2 fully saturated rings. The third-order valence-electron chi connectivity index (χ3n) is 5.10. The standard InChI is InChI=1S/C15H29N/c1-4-8-14-12(5-2)11-13(6-3)15-9-7-10-16(14)15/h12-15H,4-11H2,1-3H3/t12-,13+,14+,15-/m1/s1. The van der Waals surface area contributed by atoms with Crippen LogP contribution in [-0.4, -0.2) is 23.5 Å². The van der Waals surface area contributed by atoms with Gasteiger partial charge in [0, 0.05) is 12.1 Å². The summed E-state index contributed by atoms with van der Waals surface area (Å²) in [6, 6.07) is 1.87. The summed E-state index contributed by atoms with van der Waals surface area (Å²) >= 11 is 0. The van der Waals surface area contributed by atoms with Crippen molar-refractivity contribution in [3.8, 4) is 0 Å². The molecule has 0 aromatic rings. The zero-order valence-electron chi connectivity index (χ0n) is 11.4. The second kappa shape index (κ2) is 5.53. The van der Waals surface area contributed by atoms with Crippen molar-refractivity contribution in [1.82, 2.24) is 4.90 Å². The lowest BCUT2D eigenvalue weighted by molar-refractivity contribution is 0.0188. The molecular formula is C15H29N. The van der Waals surface area contributed by atoms with Crippen LogP contribution in [0.3, 0.4) is 0 Å². The summed E-state index contributed by atoms with van der Waals surface area (Å²) in [4.78, 5) is 2.90. The van der Waals surface area contributed by atoms with Gasteiger partial charge in [-0.15, -0.1) is 0 Å². The second-order valence-corrected chi connectivity index (χ2v) is 5.88. The first-order valence-corrected chi connectivity index (χ1v) is 7.57. The Bertz CT molecular complexity index is 213. The van der Waals surface area contributed by atoms with E-state index >= 15 is 0 Å². The molecule has 0 unspecified atom stereocenters. The first kappa shape index (κ1) is 12.4. The minimum atomic E-state index is 0.922. The molecule has 0 N–H and O–H groups in total. The molecule has 2 rings (SSSR count). The summed E-state index contributed by atoms with van der Waals surface area (Å²) in [5, 5.41) is 0. The normalized spacial score (nSPS) is 39.9. The zero-order valence-corrected chi connectivity index (χ0v) is 11.4. The van der Waals surface area contributed by atoms with Gasteiger partial charge in [-0.05, 0) is 44.1 Å². The molecule has 2 aliphatic rings. The van der Waals surface area contributed by atoms with Gasteiger partial charge in [-0.2, -0.15) is 0 Å². The second-order valence-electron chi connectivity index (χ2n) is 5.88. The predicted octanol–water partition coefficient (Wildman–Crippen LogP) is 4.08. The Hall–Kier alpha value is -0.0400. The number of piperidine rings is 1. The van der Waals surface area contributed by atoms with E-state index in [-0.39, 0.29) is 0 Å². The van der Waals surface area contributed by atoms with Gasteiger partial charge < -0.3 is 0 Å². The molecule has 0 aromatic heterocycles. The van der Waals surface area contributed by atoms with E-state index in [4.69, 9.17) is 0 Å². The highest BCUT2D eigenvalue weighted by Crippen LogP contribution is 2.42. The molecule has 0 spiro atoms. The molecule has 0 saturated carbocycles. The van der Waals surface area contributed by atoms with Gasteiger partial charge in [0.05, 0.1) is 0 Å².